The maximum Gasteiger partial charge on any atom is 0.337 e. The summed E-state index contributed by atoms with van der Waals surface area (Å²) in [7, 11) is -3.32. The van der Waals surface area contributed by atoms with Crippen molar-refractivity contribution in [3.8, 4) is 11.3 Å². The van der Waals surface area contributed by atoms with E-state index in [1.54, 1.807) is 6.20 Å². The van der Waals surface area contributed by atoms with Gasteiger partial charge in [0.15, 0.2) is 0 Å². The first-order chi connectivity index (χ1) is 11.4. The number of carbonyl (C=O) groups is 1. The minimum atomic E-state index is -3.32. The van der Waals surface area contributed by atoms with Crippen molar-refractivity contribution in [1.82, 2.24) is 19.3 Å². The van der Waals surface area contributed by atoms with Crippen LogP contribution in [0.2, 0.25) is 0 Å². The Morgan fingerprint density at radius 1 is 1.25 bits per heavy atom. The van der Waals surface area contributed by atoms with Gasteiger partial charge in [0.1, 0.15) is 0 Å². The number of carboxylic acid groups (broad SMARTS) is 1. The lowest BCUT2D eigenvalue weighted by molar-refractivity contribution is 0.0696. The number of aromatic nitrogens is 3. The van der Waals surface area contributed by atoms with Crippen LogP contribution in [0.4, 0.5) is 0 Å². The fourth-order valence-electron chi connectivity index (χ4n) is 2.81. The summed E-state index contributed by atoms with van der Waals surface area (Å²) in [5.41, 5.74) is 1.59. The van der Waals surface area contributed by atoms with Gasteiger partial charge in [-0.1, -0.05) is 0 Å². The molecule has 0 saturated carbocycles. The summed E-state index contributed by atoms with van der Waals surface area (Å²) in [4.78, 5) is 23.6. The van der Waals surface area contributed by atoms with Gasteiger partial charge in [-0.3, -0.25) is 9.97 Å². The molecular formula is C15H16N4O4S. The summed E-state index contributed by atoms with van der Waals surface area (Å²) in [6, 6.07) is 1.12. The van der Waals surface area contributed by atoms with E-state index in [4.69, 9.17) is 5.11 Å². The first-order valence-electron chi connectivity index (χ1n) is 7.34. The van der Waals surface area contributed by atoms with E-state index in [1.807, 2.05) is 0 Å². The van der Waals surface area contributed by atoms with Crippen molar-refractivity contribution in [1.29, 1.82) is 0 Å². The van der Waals surface area contributed by atoms with Crippen LogP contribution < -0.4 is 0 Å². The first-order valence-corrected chi connectivity index (χ1v) is 9.18. The zero-order valence-electron chi connectivity index (χ0n) is 13.0. The average Bonchev–Trinajstić information content (AvgIpc) is 3.05. The first kappa shape index (κ1) is 16.5. The smallest absolute Gasteiger partial charge is 0.337 e. The highest BCUT2D eigenvalue weighted by Crippen LogP contribution is 2.33. The van der Waals surface area contributed by atoms with Crippen molar-refractivity contribution in [3.05, 3.63) is 42.1 Å². The zero-order valence-corrected chi connectivity index (χ0v) is 13.8. The Balaban J connectivity index is 1.98. The van der Waals surface area contributed by atoms with Crippen molar-refractivity contribution in [3.63, 3.8) is 0 Å². The summed E-state index contributed by atoms with van der Waals surface area (Å²) < 4.78 is 25.2. The number of rotatable bonds is 4. The van der Waals surface area contributed by atoms with Gasteiger partial charge in [0.25, 0.3) is 0 Å². The SMILES string of the molecule is CS(=O)(=O)N1CCCC1c1cncc(-c2cncc(C(=O)O)c2)n1. The van der Waals surface area contributed by atoms with Crippen LogP contribution in [-0.4, -0.2) is 51.6 Å². The third kappa shape index (κ3) is 3.26. The highest BCUT2D eigenvalue weighted by atomic mass is 32.2. The van der Waals surface area contributed by atoms with Crippen molar-refractivity contribution >= 4 is 16.0 Å². The lowest BCUT2D eigenvalue weighted by Gasteiger charge is -2.21. The van der Waals surface area contributed by atoms with Crippen LogP contribution >= 0.6 is 0 Å². The van der Waals surface area contributed by atoms with Crippen LogP contribution in [0, 0.1) is 0 Å². The van der Waals surface area contributed by atoms with Crippen LogP contribution in [0.5, 0.6) is 0 Å². The monoisotopic (exact) mass is 348 g/mol. The number of carboxylic acids is 1. The molecule has 1 atom stereocenters. The van der Waals surface area contributed by atoms with Gasteiger partial charge in [-0.2, -0.15) is 4.31 Å². The molecule has 1 N–H and O–H groups in total. The summed E-state index contributed by atoms with van der Waals surface area (Å²) in [5, 5.41) is 9.06. The van der Waals surface area contributed by atoms with Crippen molar-refractivity contribution in [2.24, 2.45) is 0 Å². The van der Waals surface area contributed by atoms with Gasteiger partial charge in [0.2, 0.25) is 10.0 Å². The molecule has 9 heteroatoms. The largest absolute Gasteiger partial charge is 0.478 e. The highest BCUT2D eigenvalue weighted by molar-refractivity contribution is 7.88. The van der Waals surface area contributed by atoms with Gasteiger partial charge in [-0.25, -0.2) is 18.2 Å². The molecule has 2 aromatic rings. The molecule has 3 rings (SSSR count). The molecule has 0 bridgehead atoms. The van der Waals surface area contributed by atoms with Gasteiger partial charge in [-0.05, 0) is 18.9 Å². The van der Waals surface area contributed by atoms with Crippen LogP contribution in [0.25, 0.3) is 11.3 Å². The molecule has 0 aromatic carbocycles. The van der Waals surface area contributed by atoms with E-state index in [1.165, 1.54) is 35.2 Å². The molecule has 0 aliphatic carbocycles. The molecule has 0 spiro atoms. The Morgan fingerprint density at radius 2 is 2.00 bits per heavy atom. The molecule has 1 aliphatic heterocycles. The quantitative estimate of drug-likeness (QED) is 0.886. The third-order valence-corrected chi connectivity index (χ3v) is 5.19. The molecule has 2 aromatic heterocycles. The molecule has 126 valence electrons. The third-order valence-electron chi connectivity index (χ3n) is 3.91. The topological polar surface area (TPSA) is 113 Å². The maximum absolute atomic E-state index is 11.9. The van der Waals surface area contributed by atoms with Gasteiger partial charge >= 0.3 is 5.97 Å². The van der Waals surface area contributed by atoms with Crippen LogP contribution in [0.3, 0.4) is 0 Å². The number of nitrogens with zero attached hydrogens (tertiary/aromatic N) is 4. The molecule has 0 amide bonds. The van der Waals surface area contributed by atoms with Gasteiger partial charge in [0.05, 0.1) is 41.6 Å². The Kier molecular flexibility index (Phi) is 4.29. The molecular weight excluding hydrogens is 332 g/mol. The summed E-state index contributed by atoms with van der Waals surface area (Å²) in [6.07, 6.45) is 8.44. The lowest BCUT2D eigenvalue weighted by atomic mass is 10.1. The molecule has 0 radical (unpaired) electrons. The van der Waals surface area contributed by atoms with Crippen LogP contribution in [0.15, 0.2) is 30.9 Å². The van der Waals surface area contributed by atoms with Crippen molar-refractivity contribution in [2.45, 2.75) is 18.9 Å². The lowest BCUT2D eigenvalue weighted by Crippen LogP contribution is -2.30. The van der Waals surface area contributed by atoms with E-state index >= 15 is 0 Å². The summed E-state index contributed by atoms with van der Waals surface area (Å²) in [6.45, 7) is 0.464. The standard InChI is InChI=1S/C15H16N4O4S/c1-24(22,23)19-4-2-3-14(19)13-9-17-8-12(18-13)10-5-11(15(20)21)7-16-6-10/h5-9,14H,2-4H2,1H3,(H,20,21). The minimum Gasteiger partial charge on any atom is -0.478 e. The molecule has 24 heavy (non-hydrogen) atoms. The zero-order chi connectivity index (χ0) is 17.3. The number of sulfonamides is 1. The number of hydrogen-bond donors (Lipinski definition) is 1. The Labute approximate surface area is 139 Å². The van der Waals surface area contributed by atoms with E-state index in [0.717, 1.165) is 6.42 Å². The highest BCUT2D eigenvalue weighted by Gasteiger charge is 2.33. The predicted molar refractivity (Wildman–Crippen MR) is 85.7 cm³/mol. The molecule has 1 unspecified atom stereocenters. The van der Waals surface area contributed by atoms with E-state index in [9.17, 15) is 13.2 Å². The molecule has 3 heterocycles. The summed E-state index contributed by atoms with van der Waals surface area (Å²) in [5.74, 6) is -1.08. The Bertz CT molecular complexity index is 885. The molecule has 1 aliphatic rings. The summed E-state index contributed by atoms with van der Waals surface area (Å²) >= 11 is 0. The van der Waals surface area contributed by atoms with E-state index < -0.39 is 16.0 Å². The van der Waals surface area contributed by atoms with E-state index in [-0.39, 0.29) is 11.6 Å². The molecule has 1 saturated heterocycles. The normalized spacial score (nSPS) is 18.6. The minimum absolute atomic E-state index is 0.0540. The maximum atomic E-state index is 11.9. The van der Waals surface area contributed by atoms with Crippen LogP contribution in [0.1, 0.15) is 34.9 Å². The van der Waals surface area contributed by atoms with E-state index in [0.29, 0.717) is 29.9 Å². The number of hydrogen-bond acceptors (Lipinski definition) is 6. The van der Waals surface area contributed by atoms with Crippen molar-refractivity contribution < 1.29 is 18.3 Å². The Hall–Kier alpha value is -2.39. The number of aromatic carboxylic acids is 1. The second kappa shape index (κ2) is 6.25. The molecule has 1 fully saturated rings. The predicted octanol–water partition coefficient (Wildman–Crippen LogP) is 1.33. The van der Waals surface area contributed by atoms with Gasteiger partial charge in [0, 0.05) is 24.5 Å². The van der Waals surface area contributed by atoms with Crippen molar-refractivity contribution in [2.75, 3.05) is 12.8 Å². The number of pyridine rings is 1. The van der Waals surface area contributed by atoms with Gasteiger partial charge in [-0.15, -0.1) is 0 Å². The van der Waals surface area contributed by atoms with E-state index in [2.05, 4.69) is 15.0 Å². The second-order valence-corrected chi connectivity index (χ2v) is 7.56. The fraction of sp³-hybridized carbons (Fsp3) is 0.333. The fourth-order valence-corrected chi connectivity index (χ4v) is 3.95. The van der Waals surface area contributed by atoms with Gasteiger partial charge < -0.3 is 5.11 Å². The Morgan fingerprint density at radius 3 is 2.71 bits per heavy atom. The second-order valence-electron chi connectivity index (χ2n) is 5.63. The van der Waals surface area contributed by atoms with Crippen LogP contribution in [-0.2, 0) is 10.0 Å². The molecule has 8 nitrogen and oxygen atoms in total. The average molecular weight is 348 g/mol.